The molecule has 2 rings (SSSR count). The van der Waals surface area contributed by atoms with Gasteiger partial charge >= 0.3 is 0 Å². The Kier molecular flexibility index (Phi) is 5.21. The smallest absolute Gasteiger partial charge is 0.120 e. The molecule has 0 saturated heterocycles. The molecule has 2 nitrogen and oxygen atoms in total. The third kappa shape index (κ3) is 3.84. The van der Waals surface area contributed by atoms with Crippen LogP contribution in [0.1, 0.15) is 22.3 Å². The summed E-state index contributed by atoms with van der Waals surface area (Å²) in [5.74, 6) is 0.902. The summed E-state index contributed by atoms with van der Waals surface area (Å²) in [6, 6.07) is 12.6. The van der Waals surface area contributed by atoms with Gasteiger partial charge in [-0.05, 0) is 55.8 Å². The van der Waals surface area contributed by atoms with Crippen molar-refractivity contribution in [3.05, 3.63) is 63.1 Å². The van der Waals surface area contributed by atoms with Crippen molar-refractivity contribution < 1.29 is 4.74 Å². The molecule has 0 heterocycles. The third-order valence-corrected chi connectivity index (χ3v) is 4.06. The fourth-order valence-corrected chi connectivity index (χ4v) is 2.47. The molecule has 0 bridgehead atoms. The summed E-state index contributed by atoms with van der Waals surface area (Å²) in [7, 11) is 1.94. The van der Waals surface area contributed by atoms with Crippen LogP contribution in [0, 0.1) is 13.8 Å². The van der Waals surface area contributed by atoms with E-state index in [4.69, 9.17) is 4.74 Å². The summed E-state index contributed by atoms with van der Waals surface area (Å²) in [4.78, 5) is 0. The Hall–Kier alpha value is -1.32. The minimum Gasteiger partial charge on any atom is -0.489 e. The predicted molar refractivity (Wildman–Crippen MR) is 87.2 cm³/mol. The first-order chi connectivity index (χ1) is 9.60. The highest BCUT2D eigenvalue weighted by Gasteiger charge is 2.04. The van der Waals surface area contributed by atoms with E-state index >= 15 is 0 Å². The molecule has 106 valence electrons. The molecule has 2 aromatic rings. The predicted octanol–water partition coefficient (Wildman–Crippen LogP) is 4.36. The summed E-state index contributed by atoms with van der Waals surface area (Å²) >= 11 is 3.55. The zero-order valence-electron chi connectivity index (χ0n) is 12.2. The molecule has 0 atom stereocenters. The highest BCUT2D eigenvalue weighted by atomic mass is 79.9. The van der Waals surface area contributed by atoms with Crippen molar-refractivity contribution >= 4 is 15.9 Å². The van der Waals surface area contributed by atoms with Gasteiger partial charge < -0.3 is 10.1 Å². The van der Waals surface area contributed by atoms with Gasteiger partial charge in [-0.3, -0.25) is 0 Å². The van der Waals surface area contributed by atoms with Crippen molar-refractivity contribution in [2.75, 3.05) is 7.05 Å². The second kappa shape index (κ2) is 6.91. The fraction of sp³-hybridized carbons (Fsp3) is 0.294. The normalized spacial score (nSPS) is 10.6. The van der Waals surface area contributed by atoms with Gasteiger partial charge in [0, 0.05) is 11.0 Å². The monoisotopic (exact) mass is 333 g/mol. The Labute approximate surface area is 129 Å². The van der Waals surface area contributed by atoms with Crippen LogP contribution in [0.3, 0.4) is 0 Å². The molecule has 0 fully saturated rings. The van der Waals surface area contributed by atoms with Crippen molar-refractivity contribution in [1.29, 1.82) is 0 Å². The maximum Gasteiger partial charge on any atom is 0.120 e. The van der Waals surface area contributed by atoms with Crippen LogP contribution in [0.15, 0.2) is 40.9 Å². The van der Waals surface area contributed by atoms with Gasteiger partial charge in [-0.25, -0.2) is 0 Å². The Morgan fingerprint density at radius 1 is 1.05 bits per heavy atom. The molecule has 0 saturated carbocycles. The summed E-state index contributed by atoms with van der Waals surface area (Å²) in [6.07, 6.45) is 0. The number of ether oxygens (including phenoxy) is 1. The van der Waals surface area contributed by atoms with E-state index < -0.39 is 0 Å². The standard InChI is InChI=1S/C17H20BrNO/c1-12-4-5-13(2)15(8-12)11-20-16-6-7-17(18)14(9-16)10-19-3/h4-9,19H,10-11H2,1-3H3. The van der Waals surface area contributed by atoms with Gasteiger partial charge in [0.2, 0.25) is 0 Å². The van der Waals surface area contributed by atoms with Gasteiger partial charge in [0.1, 0.15) is 12.4 Å². The maximum atomic E-state index is 5.92. The van der Waals surface area contributed by atoms with E-state index in [0.717, 1.165) is 16.8 Å². The third-order valence-electron chi connectivity index (χ3n) is 3.28. The van der Waals surface area contributed by atoms with Gasteiger partial charge in [-0.1, -0.05) is 39.7 Å². The molecule has 0 amide bonds. The van der Waals surface area contributed by atoms with Crippen LogP contribution < -0.4 is 10.1 Å². The summed E-state index contributed by atoms with van der Waals surface area (Å²) < 4.78 is 7.02. The van der Waals surface area contributed by atoms with Gasteiger partial charge in [-0.2, -0.15) is 0 Å². The second-order valence-electron chi connectivity index (χ2n) is 5.00. The molecular formula is C17H20BrNO. The first kappa shape index (κ1) is 15.1. The van der Waals surface area contributed by atoms with Crippen LogP contribution in [0.4, 0.5) is 0 Å². The molecule has 20 heavy (non-hydrogen) atoms. The average molecular weight is 334 g/mol. The first-order valence-corrected chi connectivity index (χ1v) is 7.51. The van der Waals surface area contributed by atoms with Crippen LogP contribution in [0.25, 0.3) is 0 Å². The Balaban J connectivity index is 2.10. The first-order valence-electron chi connectivity index (χ1n) is 6.72. The highest BCUT2D eigenvalue weighted by Crippen LogP contribution is 2.23. The maximum absolute atomic E-state index is 5.92. The molecule has 2 aromatic carbocycles. The van der Waals surface area contributed by atoms with Crippen LogP contribution in [0.5, 0.6) is 5.75 Å². The van der Waals surface area contributed by atoms with E-state index in [1.807, 2.05) is 19.2 Å². The van der Waals surface area contributed by atoms with Crippen LogP contribution in [0.2, 0.25) is 0 Å². The zero-order chi connectivity index (χ0) is 14.5. The quantitative estimate of drug-likeness (QED) is 0.877. The van der Waals surface area contributed by atoms with E-state index in [0.29, 0.717) is 6.61 Å². The molecular weight excluding hydrogens is 314 g/mol. The van der Waals surface area contributed by atoms with E-state index in [1.165, 1.54) is 22.3 Å². The van der Waals surface area contributed by atoms with Crippen molar-refractivity contribution in [3.63, 3.8) is 0 Å². The molecule has 0 aromatic heterocycles. The number of rotatable bonds is 5. The highest BCUT2D eigenvalue weighted by molar-refractivity contribution is 9.10. The second-order valence-corrected chi connectivity index (χ2v) is 5.86. The van der Waals surface area contributed by atoms with Crippen LogP contribution >= 0.6 is 15.9 Å². The Morgan fingerprint density at radius 2 is 1.85 bits per heavy atom. The lowest BCUT2D eigenvalue weighted by Gasteiger charge is -2.11. The number of halogens is 1. The van der Waals surface area contributed by atoms with E-state index in [9.17, 15) is 0 Å². The van der Waals surface area contributed by atoms with Crippen molar-refractivity contribution in [2.24, 2.45) is 0 Å². The lowest BCUT2D eigenvalue weighted by atomic mass is 10.1. The number of hydrogen-bond donors (Lipinski definition) is 1. The SMILES string of the molecule is CNCc1cc(OCc2cc(C)ccc2C)ccc1Br. The Bertz CT molecular complexity index is 596. The van der Waals surface area contributed by atoms with Gasteiger partial charge in [0.15, 0.2) is 0 Å². The summed E-state index contributed by atoms with van der Waals surface area (Å²) in [5.41, 5.74) is 4.97. The molecule has 3 heteroatoms. The van der Waals surface area contributed by atoms with Crippen LogP contribution in [-0.4, -0.2) is 7.05 Å². The molecule has 0 aliphatic rings. The van der Waals surface area contributed by atoms with Crippen molar-refractivity contribution in [3.8, 4) is 5.75 Å². The molecule has 0 aliphatic heterocycles. The lowest BCUT2D eigenvalue weighted by molar-refractivity contribution is 0.305. The van der Waals surface area contributed by atoms with E-state index in [1.54, 1.807) is 0 Å². The number of benzene rings is 2. The lowest BCUT2D eigenvalue weighted by Crippen LogP contribution is -2.06. The number of hydrogen-bond acceptors (Lipinski definition) is 2. The molecule has 0 unspecified atom stereocenters. The van der Waals surface area contributed by atoms with E-state index in [2.05, 4.69) is 59.4 Å². The van der Waals surface area contributed by atoms with Gasteiger partial charge in [0.05, 0.1) is 0 Å². The molecule has 0 radical (unpaired) electrons. The average Bonchev–Trinajstić information content (AvgIpc) is 2.43. The van der Waals surface area contributed by atoms with Gasteiger partial charge in [-0.15, -0.1) is 0 Å². The van der Waals surface area contributed by atoms with Crippen LogP contribution in [-0.2, 0) is 13.2 Å². The van der Waals surface area contributed by atoms with Crippen molar-refractivity contribution in [1.82, 2.24) is 5.32 Å². The number of nitrogens with one attached hydrogen (secondary N) is 1. The van der Waals surface area contributed by atoms with Gasteiger partial charge in [0.25, 0.3) is 0 Å². The summed E-state index contributed by atoms with van der Waals surface area (Å²) in [6.45, 7) is 5.65. The number of aryl methyl sites for hydroxylation is 2. The minimum atomic E-state index is 0.605. The van der Waals surface area contributed by atoms with Crippen molar-refractivity contribution in [2.45, 2.75) is 27.0 Å². The topological polar surface area (TPSA) is 21.3 Å². The fourth-order valence-electron chi connectivity index (χ4n) is 2.08. The summed E-state index contributed by atoms with van der Waals surface area (Å²) in [5, 5.41) is 3.16. The minimum absolute atomic E-state index is 0.605. The molecule has 1 N–H and O–H groups in total. The van der Waals surface area contributed by atoms with E-state index in [-0.39, 0.29) is 0 Å². The zero-order valence-corrected chi connectivity index (χ0v) is 13.8. The molecule has 0 spiro atoms. The Morgan fingerprint density at radius 3 is 2.60 bits per heavy atom. The largest absolute Gasteiger partial charge is 0.489 e. The molecule has 0 aliphatic carbocycles.